The molecule has 0 amide bonds. The van der Waals surface area contributed by atoms with Gasteiger partial charge >= 0.3 is 0 Å². The first kappa shape index (κ1) is 21.3. The molecular weight excluding hydrogens is 434 g/mol. The number of rotatable bonds is 6. The number of hydrogen-bond donors (Lipinski definition) is 0. The van der Waals surface area contributed by atoms with Crippen molar-refractivity contribution >= 4 is 10.8 Å². The van der Waals surface area contributed by atoms with E-state index in [1.165, 1.54) is 0 Å². The Hall–Kier alpha value is -4.59. The molecule has 8 nitrogen and oxygen atoms in total. The molecule has 0 aliphatic carbocycles. The van der Waals surface area contributed by atoms with Crippen molar-refractivity contribution in [2.24, 2.45) is 0 Å². The Morgan fingerprint density at radius 1 is 0.824 bits per heavy atom. The Balaban J connectivity index is 1.67. The Bertz CT molecular complexity index is 1550. The first-order valence-electron chi connectivity index (χ1n) is 10.5. The number of nitrogens with zero attached hydrogens (tertiary/aromatic N) is 3. The molecule has 5 rings (SSSR count). The highest BCUT2D eigenvalue weighted by Crippen LogP contribution is 2.33. The molecule has 0 unspecified atom stereocenters. The molecule has 170 valence electrons. The van der Waals surface area contributed by atoms with Gasteiger partial charge < -0.3 is 18.7 Å². The van der Waals surface area contributed by atoms with Crippen LogP contribution >= 0.6 is 0 Å². The van der Waals surface area contributed by atoms with E-state index >= 15 is 0 Å². The summed E-state index contributed by atoms with van der Waals surface area (Å²) in [5, 5.41) is 5.42. The fraction of sp³-hybridized carbons (Fsp3) is 0.115. The van der Waals surface area contributed by atoms with Gasteiger partial charge in [-0.3, -0.25) is 9.36 Å². The van der Waals surface area contributed by atoms with Crippen LogP contribution in [0.4, 0.5) is 0 Å². The topological polar surface area (TPSA) is 88.6 Å². The Kier molecular flexibility index (Phi) is 5.47. The van der Waals surface area contributed by atoms with Crippen LogP contribution in [0.2, 0.25) is 0 Å². The van der Waals surface area contributed by atoms with E-state index in [1.54, 1.807) is 56.4 Å². The van der Waals surface area contributed by atoms with Gasteiger partial charge in [0, 0.05) is 28.6 Å². The molecular formula is C26H21N3O5. The van der Waals surface area contributed by atoms with Crippen molar-refractivity contribution in [3.8, 4) is 45.8 Å². The fourth-order valence-corrected chi connectivity index (χ4v) is 3.84. The van der Waals surface area contributed by atoms with Crippen molar-refractivity contribution in [1.82, 2.24) is 14.7 Å². The molecule has 34 heavy (non-hydrogen) atoms. The lowest BCUT2D eigenvalue weighted by atomic mass is 10.1. The quantitative estimate of drug-likeness (QED) is 0.366. The smallest absolute Gasteiger partial charge is 0.262 e. The minimum Gasteiger partial charge on any atom is -0.497 e. The van der Waals surface area contributed by atoms with Crippen LogP contribution in [0.3, 0.4) is 0 Å². The third-order valence-corrected chi connectivity index (χ3v) is 5.55. The number of benzene rings is 3. The lowest BCUT2D eigenvalue weighted by Gasteiger charge is -2.11. The summed E-state index contributed by atoms with van der Waals surface area (Å²) in [6, 6.07) is 20.0. The van der Waals surface area contributed by atoms with E-state index in [1.807, 2.05) is 42.5 Å². The highest BCUT2D eigenvalue weighted by Gasteiger charge is 2.18. The largest absolute Gasteiger partial charge is 0.497 e. The third-order valence-electron chi connectivity index (χ3n) is 5.55. The molecule has 0 atom stereocenters. The van der Waals surface area contributed by atoms with Crippen LogP contribution in [0.25, 0.3) is 39.3 Å². The first-order chi connectivity index (χ1) is 16.6. The van der Waals surface area contributed by atoms with Gasteiger partial charge in [-0.05, 0) is 36.4 Å². The second-order valence-electron chi connectivity index (χ2n) is 7.46. The van der Waals surface area contributed by atoms with Crippen LogP contribution in [0, 0.1) is 0 Å². The van der Waals surface area contributed by atoms with Crippen LogP contribution in [0.5, 0.6) is 17.2 Å². The van der Waals surface area contributed by atoms with Crippen molar-refractivity contribution in [2.45, 2.75) is 0 Å². The van der Waals surface area contributed by atoms with Crippen molar-refractivity contribution in [1.29, 1.82) is 0 Å². The zero-order chi connectivity index (χ0) is 23.7. The van der Waals surface area contributed by atoms with Gasteiger partial charge in [0.2, 0.25) is 5.82 Å². The maximum Gasteiger partial charge on any atom is 0.262 e. The van der Waals surface area contributed by atoms with Gasteiger partial charge in [0.05, 0.1) is 32.6 Å². The average Bonchev–Trinajstić information content (AvgIpc) is 3.39. The third kappa shape index (κ3) is 3.65. The summed E-state index contributed by atoms with van der Waals surface area (Å²) in [5.74, 6) is 2.49. The van der Waals surface area contributed by atoms with Crippen LogP contribution in [-0.2, 0) is 0 Å². The minimum atomic E-state index is -0.160. The summed E-state index contributed by atoms with van der Waals surface area (Å²) >= 11 is 0. The fourth-order valence-electron chi connectivity index (χ4n) is 3.84. The van der Waals surface area contributed by atoms with Gasteiger partial charge in [0.25, 0.3) is 11.4 Å². The van der Waals surface area contributed by atoms with Crippen LogP contribution in [-0.4, -0.2) is 36.0 Å². The number of hydrogen-bond acceptors (Lipinski definition) is 7. The van der Waals surface area contributed by atoms with Crippen LogP contribution in [0.15, 0.2) is 82.2 Å². The molecule has 8 heteroatoms. The molecule has 3 aromatic carbocycles. The monoisotopic (exact) mass is 455 g/mol. The molecule has 0 aliphatic heterocycles. The van der Waals surface area contributed by atoms with E-state index in [2.05, 4.69) is 10.1 Å². The van der Waals surface area contributed by atoms with Gasteiger partial charge in [0.15, 0.2) is 11.5 Å². The van der Waals surface area contributed by atoms with Gasteiger partial charge in [-0.1, -0.05) is 29.4 Å². The standard InChI is InChI=1S/C26H21N3O5/c1-31-18-8-6-7-17(14-18)29-15-21(19-9-4-5-10-20(19)26(29)30)25-27-24(28-34-25)16-11-12-22(32-2)23(13-16)33-3/h4-15H,1-3H3. The van der Waals surface area contributed by atoms with Crippen molar-refractivity contribution in [3.63, 3.8) is 0 Å². The molecule has 0 aliphatic rings. The van der Waals surface area contributed by atoms with E-state index < -0.39 is 0 Å². The summed E-state index contributed by atoms with van der Waals surface area (Å²) in [5.41, 5.74) is 1.85. The van der Waals surface area contributed by atoms with Gasteiger partial charge in [-0.15, -0.1) is 0 Å². The Labute approximate surface area is 194 Å². The molecule has 0 fully saturated rings. The minimum absolute atomic E-state index is 0.160. The SMILES string of the molecule is COc1cccc(-n2cc(-c3nc(-c4ccc(OC)c(OC)c4)no3)c3ccccc3c2=O)c1. The zero-order valence-electron chi connectivity index (χ0n) is 18.8. The van der Waals surface area contributed by atoms with E-state index in [0.717, 1.165) is 0 Å². The Morgan fingerprint density at radius 3 is 2.38 bits per heavy atom. The van der Waals surface area contributed by atoms with E-state index in [4.69, 9.17) is 18.7 Å². The summed E-state index contributed by atoms with van der Waals surface area (Å²) in [6.45, 7) is 0. The zero-order valence-corrected chi connectivity index (χ0v) is 18.8. The van der Waals surface area contributed by atoms with Crippen molar-refractivity contribution < 1.29 is 18.7 Å². The van der Waals surface area contributed by atoms with Crippen LogP contribution in [0.1, 0.15) is 0 Å². The van der Waals surface area contributed by atoms with E-state index in [9.17, 15) is 4.79 Å². The molecule has 0 N–H and O–H groups in total. The predicted octanol–water partition coefficient (Wildman–Crippen LogP) is 4.73. The second-order valence-corrected chi connectivity index (χ2v) is 7.46. The maximum atomic E-state index is 13.3. The lowest BCUT2D eigenvalue weighted by Crippen LogP contribution is -2.18. The molecule has 2 heterocycles. The molecule has 0 spiro atoms. The summed E-state index contributed by atoms with van der Waals surface area (Å²) in [4.78, 5) is 17.9. The summed E-state index contributed by atoms with van der Waals surface area (Å²) < 4.78 is 23.2. The van der Waals surface area contributed by atoms with Crippen molar-refractivity contribution in [3.05, 3.63) is 83.3 Å². The highest BCUT2D eigenvalue weighted by molar-refractivity contribution is 5.94. The molecule has 0 radical (unpaired) electrons. The maximum absolute atomic E-state index is 13.3. The van der Waals surface area contributed by atoms with Gasteiger partial charge in [-0.25, -0.2) is 0 Å². The van der Waals surface area contributed by atoms with Crippen molar-refractivity contribution in [2.75, 3.05) is 21.3 Å². The number of aromatic nitrogens is 3. The molecule has 0 bridgehead atoms. The molecule has 0 saturated heterocycles. The number of ether oxygens (including phenoxy) is 3. The number of fused-ring (bicyclic) bond motifs is 1. The lowest BCUT2D eigenvalue weighted by molar-refractivity contribution is 0.355. The van der Waals surface area contributed by atoms with E-state index in [-0.39, 0.29) is 11.4 Å². The van der Waals surface area contributed by atoms with Gasteiger partial charge in [-0.2, -0.15) is 4.98 Å². The number of pyridine rings is 1. The normalized spacial score (nSPS) is 10.9. The van der Waals surface area contributed by atoms with Crippen LogP contribution < -0.4 is 19.8 Å². The predicted molar refractivity (Wildman–Crippen MR) is 128 cm³/mol. The second kappa shape index (κ2) is 8.74. The Morgan fingerprint density at radius 2 is 1.62 bits per heavy atom. The average molecular weight is 455 g/mol. The molecule has 5 aromatic rings. The highest BCUT2D eigenvalue weighted by atomic mass is 16.5. The number of methoxy groups -OCH3 is 3. The van der Waals surface area contributed by atoms with Gasteiger partial charge in [0.1, 0.15) is 5.75 Å². The molecule has 0 saturated carbocycles. The van der Waals surface area contributed by atoms with E-state index in [0.29, 0.717) is 50.7 Å². The summed E-state index contributed by atoms with van der Waals surface area (Å²) in [7, 11) is 4.73. The molecule has 2 aromatic heterocycles. The summed E-state index contributed by atoms with van der Waals surface area (Å²) in [6.07, 6.45) is 1.71. The first-order valence-corrected chi connectivity index (χ1v) is 10.5.